The molecule has 0 saturated heterocycles. The summed E-state index contributed by atoms with van der Waals surface area (Å²) in [6, 6.07) is 3.26. The third-order valence-electron chi connectivity index (χ3n) is 2.46. The minimum Gasteiger partial charge on any atom is -0.497 e. The highest BCUT2D eigenvalue weighted by Gasteiger charge is 2.41. The molecule has 1 aliphatic rings. The quantitative estimate of drug-likeness (QED) is 0.753. The Morgan fingerprint density at radius 2 is 2.14 bits per heavy atom. The van der Waals surface area contributed by atoms with Gasteiger partial charge in [0.1, 0.15) is 5.75 Å². The van der Waals surface area contributed by atoms with E-state index in [0.717, 1.165) is 0 Å². The largest absolute Gasteiger partial charge is 0.497 e. The SMILES string of the molecule is COc1cc(Br)c2c(c1)CCC2(F)F. The van der Waals surface area contributed by atoms with E-state index in [9.17, 15) is 8.78 Å². The summed E-state index contributed by atoms with van der Waals surface area (Å²) in [7, 11) is 1.53. The average molecular weight is 263 g/mol. The Hall–Kier alpha value is -0.640. The maximum atomic E-state index is 13.4. The Morgan fingerprint density at radius 3 is 2.79 bits per heavy atom. The maximum Gasteiger partial charge on any atom is 0.274 e. The van der Waals surface area contributed by atoms with Gasteiger partial charge in [0.25, 0.3) is 5.92 Å². The molecular weight excluding hydrogens is 254 g/mol. The fraction of sp³-hybridized carbons (Fsp3) is 0.400. The molecule has 1 aliphatic carbocycles. The van der Waals surface area contributed by atoms with E-state index < -0.39 is 5.92 Å². The lowest BCUT2D eigenvalue weighted by atomic mass is 10.1. The standard InChI is InChI=1S/C10H9BrF2O/c1-14-7-4-6-2-3-10(12,13)9(6)8(11)5-7/h4-5H,2-3H2,1H3. The molecule has 0 spiro atoms. The molecule has 0 atom stereocenters. The number of ether oxygens (including phenoxy) is 1. The van der Waals surface area contributed by atoms with Crippen LogP contribution in [0.25, 0.3) is 0 Å². The minimum atomic E-state index is -2.69. The van der Waals surface area contributed by atoms with Gasteiger partial charge in [0, 0.05) is 16.5 Å². The third-order valence-corrected chi connectivity index (χ3v) is 3.08. The topological polar surface area (TPSA) is 9.23 Å². The van der Waals surface area contributed by atoms with Crippen LogP contribution in [-0.2, 0) is 12.3 Å². The first-order valence-electron chi connectivity index (χ1n) is 4.29. The number of benzene rings is 1. The predicted molar refractivity (Wildman–Crippen MR) is 52.9 cm³/mol. The molecule has 0 radical (unpaired) electrons. The Labute approximate surface area is 89.2 Å². The lowest BCUT2D eigenvalue weighted by Crippen LogP contribution is -2.08. The molecule has 0 aliphatic heterocycles. The van der Waals surface area contributed by atoms with Gasteiger partial charge in [-0.3, -0.25) is 0 Å². The highest BCUT2D eigenvalue weighted by atomic mass is 79.9. The number of rotatable bonds is 1. The van der Waals surface area contributed by atoms with Gasteiger partial charge in [-0.2, -0.15) is 0 Å². The fourth-order valence-electron chi connectivity index (χ4n) is 1.78. The molecule has 0 fully saturated rings. The van der Waals surface area contributed by atoms with Crippen molar-refractivity contribution in [3.63, 3.8) is 0 Å². The van der Waals surface area contributed by atoms with E-state index in [2.05, 4.69) is 15.9 Å². The number of halogens is 3. The predicted octanol–water partition coefficient (Wildman–Crippen LogP) is 3.50. The number of fused-ring (bicyclic) bond motifs is 1. The first-order valence-corrected chi connectivity index (χ1v) is 5.08. The van der Waals surface area contributed by atoms with E-state index in [4.69, 9.17) is 4.74 Å². The van der Waals surface area contributed by atoms with Crippen molar-refractivity contribution in [1.82, 2.24) is 0 Å². The molecule has 2 rings (SSSR count). The molecule has 1 aromatic rings. The number of methoxy groups -OCH3 is 1. The van der Waals surface area contributed by atoms with Gasteiger partial charge in [0.05, 0.1) is 7.11 Å². The summed E-state index contributed by atoms with van der Waals surface area (Å²) >= 11 is 3.15. The molecular formula is C10H9BrF2O. The van der Waals surface area contributed by atoms with Crippen molar-refractivity contribution < 1.29 is 13.5 Å². The summed E-state index contributed by atoms with van der Waals surface area (Å²) in [6.07, 6.45) is 0.312. The molecule has 14 heavy (non-hydrogen) atoms. The van der Waals surface area contributed by atoms with E-state index in [1.54, 1.807) is 12.1 Å². The van der Waals surface area contributed by atoms with Gasteiger partial charge in [0.15, 0.2) is 0 Å². The minimum absolute atomic E-state index is 0.103. The van der Waals surface area contributed by atoms with Crippen LogP contribution in [0.4, 0.5) is 8.78 Å². The van der Waals surface area contributed by atoms with Crippen LogP contribution in [0.15, 0.2) is 16.6 Å². The van der Waals surface area contributed by atoms with Crippen molar-refractivity contribution >= 4 is 15.9 Å². The number of alkyl halides is 2. The molecule has 4 heteroatoms. The zero-order chi connectivity index (χ0) is 10.3. The molecule has 1 nitrogen and oxygen atoms in total. The smallest absolute Gasteiger partial charge is 0.274 e. The number of aryl methyl sites for hydroxylation is 1. The van der Waals surface area contributed by atoms with E-state index in [-0.39, 0.29) is 12.0 Å². The normalized spacial score (nSPS) is 18.0. The summed E-state index contributed by atoms with van der Waals surface area (Å²) in [6.45, 7) is 0. The van der Waals surface area contributed by atoms with Crippen molar-refractivity contribution in [2.45, 2.75) is 18.8 Å². The van der Waals surface area contributed by atoms with Gasteiger partial charge in [-0.15, -0.1) is 0 Å². The molecule has 0 N–H and O–H groups in total. The zero-order valence-corrected chi connectivity index (χ0v) is 9.20. The second kappa shape index (κ2) is 3.19. The second-order valence-corrected chi connectivity index (χ2v) is 4.20. The maximum absolute atomic E-state index is 13.4. The summed E-state index contributed by atoms with van der Waals surface area (Å²) < 4.78 is 32.2. The number of hydrogen-bond acceptors (Lipinski definition) is 1. The van der Waals surface area contributed by atoms with Crippen molar-refractivity contribution in [2.75, 3.05) is 7.11 Å². The summed E-state index contributed by atoms with van der Waals surface area (Å²) in [5, 5.41) is 0. The highest BCUT2D eigenvalue weighted by molar-refractivity contribution is 9.10. The van der Waals surface area contributed by atoms with Crippen LogP contribution < -0.4 is 4.74 Å². The first kappa shape index (κ1) is 9.90. The van der Waals surface area contributed by atoms with E-state index in [1.165, 1.54) is 7.11 Å². The monoisotopic (exact) mass is 262 g/mol. The number of hydrogen-bond donors (Lipinski definition) is 0. The molecule has 0 heterocycles. The molecule has 0 amide bonds. The van der Waals surface area contributed by atoms with Gasteiger partial charge in [-0.05, 0) is 24.1 Å². The van der Waals surface area contributed by atoms with Gasteiger partial charge in [0.2, 0.25) is 0 Å². The Morgan fingerprint density at radius 1 is 1.43 bits per heavy atom. The molecule has 1 aromatic carbocycles. The Balaban J connectivity index is 2.58. The van der Waals surface area contributed by atoms with Crippen LogP contribution in [-0.4, -0.2) is 7.11 Å². The van der Waals surface area contributed by atoms with Gasteiger partial charge >= 0.3 is 0 Å². The average Bonchev–Trinajstić information content (AvgIpc) is 2.42. The van der Waals surface area contributed by atoms with Crippen molar-refractivity contribution in [3.8, 4) is 5.75 Å². The molecule has 0 saturated carbocycles. The lowest BCUT2D eigenvalue weighted by Gasteiger charge is -2.12. The Bertz CT molecular complexity index is 377. The van der Waals surface area contributed by atoms with Crippen LogP contribution in [0.1, 0.15) is 17.5 Å². The molecule has 76 valence electrons. The van der Waals surface area contributed by atoms with Crippen LogP contribution >= 0.6 is 15.9 Å². The molecule has 0 unspecified atom stereocenters. The second-order valence-electron chi connectivity index (χ2n) is 3.35. The van der Waals surface area contributed by atoms with Crippen LogP contribution in [0.3, 0.4) is 0 Å². The zero-order valence-electron chi connectivity index (χ0n) is 7.61. The molecule has 0 aromatic heterocycles. The van der Waals surface area contributed by atoms with Crippen molar-refractivity contribution in [1.29, 1.82) is 0 Å². The highest BCUT2D eigenvalue weighted by Crippen LogP contribution is 2.46. The van der Waals surface area contributed by atoms with Gasteiger partial charge in [-0.25, -0.2) is 8.78 Å². The van der Waals surface area contributed by atoms with Crippen molar-refractivity contribution in [2.24, 2.45) is 0 Å². The summed E-state index contributed by atoms with van der Waals surface area (Å²) in [5.41, 5.74) is 0.805. The van der Waals surface area contributed by atoms with Crippen LogP contribution in [0.2, 0.25) is 0 Å². The van der Waals surface area contributed by atoms with Crippen LogP contribution in [0.5, 0.6) is 5.75 Å². The van der Waals surface area contributed by atoms with E-state index >= 15 is 0 Å². The van der Waals surface area contributed by atoms with E-state index in [0.29, 0.717) is 22.2 Å². The fourth-order valence-corrected chi connectivity index (χ4v) is 2.55. The first-order chi connectivity index (χ1) is 6.54. The third kappa shape index (κ3) is 1.41. The molecule has 0 bridgehead atoms. The van der Waals surface area contributed by atoms with Crippen molar-refractivity contribution in [3.05, 3.63) is 27.7 Å². The summed E-state index contributed by atoms with van der Waals surface area (Å²) in [5.74, 6) is -2.08. The van der Waals surface area contributed by atoms with Crippen LogP contribution in [0, 0.1) is 0 Å². The van der Waals surface area contributed by atoms with Gasteiger partial charge in [-0.1, -0.05) is 15.9 Å². The van der Waals surface area contributed by atoms with Gasteiger partial charge < -0.3 is 4.74 Å². The summed E-state index contributed by atoms with van der Waals surface area (Å²) in [4.78, 5) is 0. The Kier molecular flexibility index (Phi) is 2.26. The lowest BCUT2D eigenvalue weighted by molar-refractivity contribution is -0.00251. The van der Waals surface area contributed by atoms with E-state index in [1.807, 2.05) is 0 Å².